The van der Waals surface area contributed by atoms with E-state index in [1.54, 1.807) is 31.2 Å². The Morgan fingerprint density at radius 1 is 1.27 bits per heavy atom. The number of hydrogen-bond donors (Lipinski definition) is 2. The molecule has 0 saturated heterocycles. The van der Waals surface area contributed by atoms with Gasteiger partial charge in [-0.3, -0.25) is 9.59 Å². The fourth-order valence-corrected chi connectivity index (χ4v) is 4.17. The smallest absolute Gasteiger partial charge is 0.257 e. The number of methoxy groups -OCH3 is 1. The summed E-state index contributed by atoms with van der Waals surface area (Å²) in [5, 5.41) is 6.46. The quantitative estimate of drug-likeness (QED) is 0.791. The number of carbonyl (C=O) groups excluding carboxylic acids is 2. The van der Waals surface area contributed by atoms with E-state index in [9.17, 15) is 9.59 Å². The molecule has 0 unspecified atom stereocenters. The molecule has 1 aliphatic carbocycles. The molecular formula is C23H35N3O4. The van der Waals surface area contributed by atoms with Gasteiger partial charge in [0.15, 0.2) is 0 Å². The summed E-state index contributed by atoms with van der Waals surface area (Å²) < 4.78 is 11.6. The topological polar surface area (TPSA) is 79.9 Å². The van der Waals surface area contributed by atoms with Crippen LogP contribution in [0, 0.1) is 11.8 Å². The molecular weight excluding hydrogens is 382 g/mol. The molecule has 7 heteroatoms. The predicted molar refractivity (Wildman–Crippen MR) is 117 cm³/mol. The molecule has 3 rings (SSSR count). The minimum Gasteiger partial charge on any atom is -0.491 e. The van der Waals surface area contributed by atoms with Crippen LogP contribution in [0.3, 0.4) is 0 Å². The number of ether oxygens (including phenoxy) is 2. The van der Waals surface area contributed by atoms with Crippen molar-refractivity contribution in [3.8, 4) is 5.75 Å². The van der Waals surface area contributed by atoms with Gasteiger partial charge in [-0.15, -0.1) is 0 Å². The van der Waals surface area contributed by atoms with E-state index in [1.165, 1.54) is 0 Å². The Morgan fingerprint density at radius 2 is 2.00 bits per heavy atom. The van der Waals surface area contributed by atoms with E-state index in [0.717, 1.165) is 32.2 Å². The van der Waals surface area contributed by atoms with E-state index in [2.05, 4.69) is 24.5 Å². The molecule has 2 amide bonds. The van der Waals surface area contributed by atoms with Crippen LogP contribution in [0.25, 0.3) is 0 Å². The number of carbonyl (C=O) groups is 2. The minimum atomic E-state index is -0.141. The minimum absolute atomic E-state index is 0.0356. The van der Waals surface area contributed by atoms with E-state index in [0.29, 0.717) is 30.2 Å². The normalized spacial score (nSPS) is 26.3. The van der Waals surface area contributed by atoms with Crippen molar-refractivity contribution in [1.82, 2.24) is 10.2 Å². The molecule has 166 valence electrons. The molecule has 7 nitrogen and oxygen atoms in total. The molecule has 1 fully saturated rings. The van der Waals surface area contributed by atoms with Crippen LogP contribution in [-0.2, 0) is 9.53 Å². The van der Waals surface area contributed by atoms with Crippen molar-refractivity contribution in [2.24, 2.45) is 11.8 Å². The number of anilines is 1. The first-order valence-electron chi connectivity index (χ1n) is 11.0. The monoisotopic (exact) mass is 417 g/mol. The van der Waals surface area contributed by atoms with E-state index >= 15 is 0 Å². The number of nitrogens with one attached hydrogen (secondary N) is 2. The maximum Gasteiger partial charge on any atom is 0.257 e. The molecule has 0 aromatic heterocycles. The highest BCUT2D eigenvalue weighted by atomic mass is 16.5. The molecule has 0 spiro atoms. The van der Waals surface area contributed by atoms with Gasteiger partial charge in [-0.2, -0.15) is 0 Å². The maximum absolute atomic E-state index is 13.3. The van der Waals surface area contributed by atoms with Crippen molar-refractivity contribution in [3.63, 3.8) is 0 Å². The third-order valence-corrected chi connectivity index (χ3v) is 6.22. The zero-order chi connectivity index (χ0) is 21.7. The second kappa shape index (κ2) is 10.3. The van der Waals surface area contributed by atoms with Gasteiger partial charge in [0.1, 0.15) is 12.4 Å². The fourth-order valence-electron chi connectivity index (χ4n) is 4.17. The largest absolute Gasteiger partial charge is 0.491 e. The molecule has 1 aromatic rings. The van der Waals surface area contributed by atoms with Crippen LogP contribution in [0.5, 0.6) is 5.75 Å². The number of rotatable bonds is 3. The van der Waals surface area contributed by atoms with Gasteiger partial charge < -0.3 is 25.0 Å². The summed E-state index contributed by atoms with van der Waals surface area (Å²) >= 11 is 0. The first kappa shape index (κ1) is 22.6. The first-order valence-corrected chi connectivity index (χ1v) is 11.0. The van der Waals surface area contributed by atoms with Crippen molar-refractivity contribution in [2.75, 3.05) is 39.2 Å². The van der Waals surface area contributed by atoms with Crippen LogP contribution >= 0.6 is 0 Å². The van der Waals surface area contributed by atoms with Gasteiger partial charge in [-0.05, 0) is 43.9 Å². The van der Waals surface area contributed by atoms with Crippen LogP contribution in [0.2, 0.25) is 0 Å². The summed E-state index contributed by atoms with van der Waals surface area (Å²) in [7, 11) is 3.46. The predicted octanol–water partition coefficient (Wildman–Crippen LogP) is 2.91. The average molecular weight is 418 g/mol. The Balaban J connectivity index is 1.85. The van der Waals surface area contributed by atoms with Crippen molar-refractivity contribution < 1.29 is 19.1 Å². The van der Waals surface area contributed by atoms with E-state index in [-0.39, 0.29) is 35.8 Å². The molecule has 1 aliphatic heterocycles. The second-order valence-electron chi connectivity index (χ2n) is 8.74. The summed E-state index contributed by atoms with van der Waals surface area (Å²) in [6.45, 7) is 5.88. The zero-order valence-corrected chi connectivity index (χ0v) is 18.6. The molecule has 30 heavy (non-hydrogen) atoms. The lowest BCUT2D eigenvalue weighted by Crippen LogP contribution is -2.44. The van der Waals surface area contributed by atoms with Gasteiger partial charge in [0.2, 0.25) is 5.91 Å². The summed E-state index contributed by atoms with van der Waals surface area (Å²) in [6, 6.07) is 5.45. The van der Waals surface area contributed by atoms with Gasteiger partial charge in [-0.25, -0.2) is 0 Å². The lowest BCUT2D eigenvalue weighted by Gasteiger charge is -2.30. The number of likely N-dealkylation sites (N-methyl/N-ethyl adjacent to an activating group) is 1. The summed E-state index contributed by atoms with van der Waals surface area (Å²) in [5.74, 6) is 0.730. The van der Waals surface area contributed by atoms with E-state index in [4.69, 9.17) is 9.47 Å². The van der Waals surface area contributed by atoms with E-state index in [1.807, 2.05) is 6.07 Å². The molecule has 0 bridgehead atoms. The molecule has 2 N–H and O–H groups in total. The van der Waals surface area contributed by atoms with Crippen LogP contribution < -0.4 is 15.4 Å². The standard InChI is InChI=1S/C23H35N3O4/c1-15-12-24-16(2)14-30-20-10-9-18(25-22(27)17-7-5-6-8-17)11-19(20)23(28)26(3)13-21(15)29-4/h9-11,15-17,21,24H,5-8,12-14H2,1-4H3,(H,25,27)/t15-,16+,21-/m0/s1. The average Bonchev–Trinajstić information content (AvgIpc) is 3.28. The molecule has 2 aliphatic rings. The SMILES string of the molecule is CO[C@H]1CN(C)C(=O)c2cc(NC(=O)C3CCCC3)ccc2OC[C@@H](C)NC[C@@H]1C. The van der Waals surface area contributed by atoms with Gasteiger partial charge in [0.05, 0.1) is 11.7 Å². The molecule has 1 heterocycles. The van der Waals surface area contributed by atoms with Crippen LogP contribution in [0.1, 0.15) is 49.9 Å². The Morgan fingerprint density at radius 3 is 2.70 bits per heavy atom. The fraction of sp³-hybridized carbons (Fsp3) is 0.652. The van der Waals surface area contributed by atoms with Crippen molar-refractivity contribution in [3.05, 3.63) is 23.8 Å². The number of amides is 2. The van der Waals surface area contributed by atoms with Crippen molar-refractivity contribution in [2.45, 2.75) is 51.7 Å². The molecule has 3 atom stereocenters. The highest BCUT2D eigenvalue weighted by Crippen LogP contribution is 2.28. The molecule has 1 aromatic carbocycles. The van der Waals surface area contributed by atoms with Gasteiger partial charge in [-0.1, -0.05) is 19.8 Å². The second-order valence-corrected chi connectivity index (χ2v) is 8.74. The number of nitrogens with zero attached hydrogens (tertiary/aromatic N) is 1. The van der Waals surface area contributed by atoms with Gasteiger partial charge in [0.25, 0.3) is 5.91 Å². The lowest BCUT2D eigenvalue weighted by molar-refractivity contribution is -0.119. The van der Waals surface area contributed by atoms with Gasteiger partial charge >= 0.3 is 0 Å². The number of hydrogen-bond acceptors (Lipinski definition) is 5. The first-order chi connectivity index (χ1) is 14.4. The Bertz CT molecular complexity index is 748. The highest BCUT2D eigenvalue weighted by molar-refractivity contribution is 5.99. The Kier molecular flexibility index (Phi) is 7.72. The lowest BCUT2D eigenvalue weighted by atomic mass is 10.0. The Labute approximate surface area is 179 Å². The highest BCUT2D eigenvalue weighted by Gasteiger charge is 2.27. The maximum atomic E-state index is 13.3. The Hall–Kier alpha value is -2.12. The summed E-state index contributed by atoms with van der Waals surface area (Å²) in [6.07, 6.45) is 3.99. The molecule has 1 saturated carbocycles. The van der Waals surface area contributed by atoms with Crippen molar-refractivity contribution in [1.29, 1.82) is 0 Å². The van der Waals surface area contributed by atoms with Crippen molar-refractivity contribution >= 4 is 17.5 Å². The van der Waals surface area contributed by atoms with Crippen LogP contribution in [-0.4, -0.2) is 62.7 Å². The summed E-state index contributed by atoms with van der Waals surface area (Å²) in [5.41, 5.74) is 1.09. The van der Waals surface area contributed by atoms with Crippen LogP contribution in [0.4, 0.5) is 5.69 Å². The summed E-state index contributed by atoms with van der Waals surface area (Å²) in [4.78, 5) is 27.5. The van der Waals surface area contributed by atoms with Crippen LogP contribution in [0.15, 0.2) is 18.2 Å². The van der Waals surface area contributed by atoms with E-state index < -0.39 is 0 Å². The van der Waals surface area contributed by atoms with Gasteiger partial charge in [0, 0.05) is 44.9 Å². The number of fused-ring (bicyclic) bond motifs is 1. The number of benzene rings is 1. The zero-order valence-electron chi connectivity index (χ0n) is 18.6. The molecule has 0 radical (unpaired) electrons. The third kappa shape index (κ3) is 5.52. The third-order valence-electron chi connectivity index (χ3n) is 6.22.